The van der Waals surface area contributed by atoms with Crippen LogP contribution in [0.1, 0.15) is 17.2 Å². The van der Waals surface area contributed by atoms with Gasteiger partial charge in [0.05, 0.1) is 24.4 Å². The second-order valence-electron chi connectivity index (χ2n) is 6.23. The van der Waals surface area contributed by atoms with Crippen LogP contribution in [-0.4, -0.2) is 38.2 Å². The number of fused-ring (bicyclic) bond motifs is 1. The highest BCUT2D eigenvalue weighted by atomic mass is 16.1. The lowest BCUT2D eigenvalue weighted by molar-refractivity contribution is -0.125. The van der Waals surface area contributed by atoms with E-state index in [1.807, 2.05) is 54.4 Å². The van der Waals surface area contributed by atoms with Crippen molar-refractivity contribution in [1.29, 1.82) is 0 Å². The van der Waals surface area contributed by atoms with Gasteiger partial charge in [0, 0.05) is 44.6 Å². The molecule has 2 N–H and O–H groups in total. The lowest BCUT2D eigenvalue weighted by Crippen LogP contribution is -2.34. The number of hydrogen-bond donors (Lipinski definition) is 2. The summed E-state index contributed by atoms with van der Waals surface area (Å²) in [7, 11) is 1.89. The third-order valence-corrected chi connectivity index (χ3v) is 4.56. The SMILES string of the molecule is Cn1cc([C@H]2CNC[C@@H]2C(=O)NCc2cn3ccccc3n2)cn1. The Morgan fingerprint density at radius 2 is 2.29 bits per heavy atom. The molecule has 1 fully saturated rings. The summed E-state index contributed by atoms with van der Waals surface area (Å²) in [4.78, 5) is 17.1. The van der Waals surface area contributed by atoms with E-state index in [-0.39, 0.29) is 17.7 Å². The molecule has 0 radical (unpaired) electrons. The van der Waals surface area contributed by atoms with Gasteiger partial charge in [-0.3, -0.25) is 9.48 Å². The first-order chi connectivity index (χ1) is 11.7. The zero-order chi connectivity index (χ0) is 16.5. The van der Waals surface area contributed by atoms with Crippen molar-refractivity contribution < 1.29 is 4.79 Å². The molecule has 0 unspecified atom stereocenters. The predicted octanol–water partition coefficient (Wildman–Crippen LogP) is 0.687. The van der Waals surface area contributed by atoms with Crippen molar-refractivity contribution in [2.24, 2.45) is 13.0 Å². The van der Waals surface area contributed by atoms with Crippen LogP contribution in [0.4, 0.5) is 0 Å². The van der Waals surface area contributed by atoms with Crippen LogP contribution in [0.3, 0.4) is 0 Å². The number of aromatic nitrogens is 4. The van der Waals surface area contributed by atoms with E-state index in [2.05, 4.69) is 20.7 Å². The number of rotatable bonds is 4. The topological polar surface area (TPSA) is 76.2 Å². The normalized spacial score (nSPS) is 20.5. The highest BCUT2D eigenvalue weighted by Gasteiger charge is 2.34. The molecule has 0 aliphatic carbocycles. The summed E-state index contributed by atoms with van der Waals surface area (Å²) in [6.07, 6.45) is 7.73. The van der Waals surface area contributed by atoms with Gasteiger partial charge in [-0.1, -0.05) is 6.07 Å². The molecule has 0 bridgehead atoms. The largest absolute Gasteiger partial charge is 0.350 e. The molecule has 1 amide bonds. The Kier molecular flexibility index (Phi) is 3.78. The van der Waals surface area contributed by atoms with E-state index in [0.29, 0.717) is 13.1 Å². The van der Waals surface area contributed by atoms with Gasteiger partial charge in [-0.25, -0.2) is 4.98 Å². The molecule has 0 aromatic carbocycles. The lowest BCUT2D eigenvalue weighted by Gasteiger charge is -2.16. The minimum absolute atomic E-state index is 0.0610. The van der Waals surface area contributed by atoms with Gasteiger partial charge in [0.2, 0.25) is 5.91 Å². The van der Waals surface area contributed by atoms with Crippen LogP contribution in [0.25, 0.3) is 5.65 Å². The lowest BCUT2D eigenvalue weighted by atomic mass is 9.90. The van der Waals surface area contributed by atoms with Crippen LogP contribution in [-0.2, 0) is 18.4 Å². The summed E-state index contributed by atoms with van der Waals surface area (Å²) in [5.41, 5.74) is 2.85. The third-order valence-electron chi connectivity index (χ3n) is 4.56. The fourth-order valence-corrected chi connectivity index (χ4v) is 3.32. The van der Waals surface area contributed by atoms with Crippen LogP contribution >= 0.6 is 0 Å². The highest BCUT2D eigenvalue weighted by molar-refractivity contribution is 5.80. The van der Waals surface area contributed by atoms with Crippen molar-refractivity contribution in [3.8, 4) is 0 Å². The van der Waals surface area contributed by atoms with Gasteiger partial charge in [-0.05, 0) is 17.7 Å². The summed E-state index contributed by atoms with van der Waals surface area (Å²) in [6, 6.07) is 5.86. The molecule has 0 saturated carbocycles. The Labute approximate surface area is 139 Å². The van der Waals surface area contributed by atoms with Gasteiger partial charge in [-0.15, -0.1) is 0 Å². The van der Waals surface area contributed by atoms with Gasteiger partial charge < -0.3 is 15.0 Å². The summed E-state index contributed by atoms with van der Waals surface area (Å²) in [5, 5.41) is 10.6. The van der Waals surface area contributed by atoms with Crippen molar-refractivity contribution in [3.63, 3.8) is 0 Å². The van der Waals surface area contributed by atoms with Gasteiger partial charge in [0.15, 0.2) is 0 Å². The number of hydrogen-bond acceptors (Lipinski definition) is 4. The molecule has 1 aliphatic rings. The quantitative estimate of drug-likeness (QED) is 0.740. The summed E-state index contributed by atoms with van der Waals surface area (Å²) < 4.78 is 3.73. The van der Waals surface area contributed by atoms with Crippen LogP contribution < -0.4 is 10.6 Å². The first-order valence-electron chi connectivity index (χ1n) is 8.10. The zero-order valence-corrected chi connectivity index (χ0v) is 13.5. The Morgan fingerprint density at radius 3 is 3.08 bits per heavy atom. The Hall–Kier alpha value is -2.67. The van der Waals surface area contributed by atoms with Crippen molar-refractivity contribution in [3.05, 3.63) is 54.2 Å². The number of pyridine rings is 1. The van der Waals surface area contributed by atoms with Gasteiger partial charge in [0.25, 0.3) is 0 Å². The average molecular weight is 324 g/mol. The summed E-state index contributed by atoms with van der Waals surface area (Å²) >= 11 is 0. The maximum absolute atomic E-state index is 12.6. The van der Waals surface area contributed by atoms with Crippen LogP contribution in [0.2, 0.25) is 0 Å². The Morgan fingerprint density at radius 1 is 1.38 bits per heavy atom. The number of nitrogens with one attached hydrogen (secondary N) is 2. The first-order valence-corrected chi connectivity index (χ1v) is 8.10. The molecule has 4 heterocycles. The van der Waals surface area contributed by atoms with Gasteiger partial charge in [0.1, 0.15) is 5.65 Å². The van der Waals surface area contributed by atoms with E-state index in [1.54, 1.807) is 4.68 Å². The number of imidazole rings is 1. The van der Waals surface area contributed by atoms with E-state index < -0.39 is 0 Å². The maximum atomic E-state index is 12.6. The second kappa shape index (κ2) is 6.09. The van der Waals surface area contributed by atoms with E-state index in [4.69, 9.17) is 0 Å². The molecule has 4 rings (SSSR count). The molecule has 124 valence electrons. The number of nitrogens with zero attached hydrogens (tertiary/aromatic N) is 4. The molecule has 24 heavy (non-hydrogen) atoms. The van der Waals surface area contributed by atoms with E-state index >= 15 is 0 Å². The molecular formula is C17H20N6O. The molecule has 0 spiro atoms. The number of aryl methyl sites for hydroxylation is 1. The smallest absolute Gasteiger partial charge is 0.225 e. The van der Waals surface area contributed by atoms with Crippen molar-refractivity contribution in [2.45, 2.75) is 12.5 Å². The van der Waals surface area contributed by atoms with Gasteiger partial charge in [-0.2, -0.15) is 5.10 Å². The Bertz CT molecular complexity index is 834. The van der Waals surface area contributed by atoms with E-state index in [1.165, 1.54) is 0 Å². The number of amides is 1. The molecule has 1 aliphatic heterocycles. The average Bonchev–Trinajstić information content (AvgIpc) is 3.30. The summed E-state index contributed by atoms with van der Waals surface area (Å²) in [6.45, 7) is 1.94. The molecule has 2 atom stereocenters. The minimum Gasteiger partial charge on any atom is -0.350 e. The third kappa shape index (κ3) is 2.78. The fraction of sp³-hybridized carbons (Fsp3) is 0.353. The standard InChI is InChI=1S/C17H20N6O/c1-22-10-12(6-20-22)14-8-18-9-15(14)17(24)19-7-13-11-23-5-3-2-4-16(23)21-13/h2-6,10-11,14-15,18H,7-9H2,1H3,(H,19,24)/t14-,15+/m1/s1. The van der Waals surface area contributed by atoms with Crippen LogP contribution in [0.5, 0.6) is 0 Å². The van der Waals surface area contributed by atoms with Gasteiger partial charge >= 0.3 is 0 Å². The first kappa shape index (κ1) is 14.9. The Balaban J connectivity index is 1.43. The second-order valence-corrected chi connectivity index (χ2v) is 6.23. The highest BCUT2D eigenvalue weighted by Crippen LogP contribution is 2.27. The molecular weight excluding hydrogens is 304 g/mol. The predicted molar refractivity (Wildman–Crippen MR) is 89.3 cm³/mol. The van der Waals surface area contributed by atoms with Crippen molar-refractivity contribution >= 4 is 11.6 Å². The van der Waals surface area contributed by atoms with E-state index in [9.17, 15) is 4.79 Å². The monoisotopic (exact) mass is 324 g/mol. The molecule has 3 aromatic rings. The molecule has 7 heteroatoms. The number of carbonyl (C=O) groups is 1. The molecule has 7 nitrogen and oxygen atoms in total. The minimum atomic E-state index is -0.0776. The zero-order valence-electron chi connectivity index (χ0n) is 13.5. The fourth-order valence-electron chi connectivity index (χ4n) is 3.32. The molecule has 3 aromatic heterocycles. The van der Waals surface area contributed by atoms with Crippen LogP contribution in [0, 0.1) is 5.92 Å². The van der Waals surface area contributed by atoms with Crippen molar-refractivity contribution in [1.82, 2.24) is 29.8 Å². The number of carbonyl (C=O) groups excluding carboxylic acids is 1. The van der Waals surface area contributed by atoms with Crippen LogP contribution in [0.15, 0.2) is 43.0 Å². The maximum Gasteiger partial charge on any atom is 0.225 e. The van der Waals surface area contributed by atoms with E-state index in [0.717, 1.165) is 23.4 Å². The van der Waals surface area contributed by atoms with Crippen molar-refractivity contribution in [2.75, 3.05) is 13.1 Å². The summed E-state index contributed by atoms with van der Waals surface area (Å²) in [5.74, 6) is 0.150. The molecule has 1 saturated heterocycles.